The van der Waals surface area contributed by atoms with E-state index in [1.165, 1.54) is 10.5 Å². The van der Waals surface area contributed by atoms with Crippen LogP contribution >= 0.6 is 0 Å². The van der Waals surface area contributed by atoms with Gasteiger partial charge in [0.25, 0.3) is 5.91 Å². The van der Waals surface area contributed by atoms with Gasteiger partial charge in [0.15, 0.2) is 0 Å². The lowest BCUT2D eigenvalue weighted by atomic mass is 10.1. The molecule has 0 bridgehead atoms. The van der Waals surface area contributed by atoms with Crippen LogP contribution in [0.3, 0.4) is 0 Å². The number of benzene rings is 1. The molecule has 0 aromatic heterocycles. The van der Waals surface area contributed by atoms with Gasteiger partial charge in [-0.05, 0) is 37.0 Å². The van der Waals surface area contributed by atoms with E-state index in [4.69, 9.17) is 0 Å². The maximum Gasteiger partial charge on any atom is 0.252 e. The first-order valence-corrected chi connectivity index (χ1v) is 7.90. The second kappa shape index (κ2) is 5.88. The number of hydrogen-bond donors (Lipinski definition) is 1. The molecule has 1 aliphatic carbocycles. The van der Waals surface area contributed by atoms with Gasteiger partial charge in [0.05, 0.1) is 6.42 Å². The Kier molecular flexibility index (Phi) is 3.95. The summed E-state index contributed by atoms with van der Waals surface area (Å²) in [6.45, 7) is 2.11. The lowest BCUT2D eigenvalue weighted by Crippen LogP contribution is -2.40. The molecule has 21 heavy (non-hydrogen) atoms. The van der Waals surface area contributed by atoms with Crippen molar-refractivity contribution in [1.29, 1.82) is 0 Å². The van der Waals surface area contributed by atoms with E-state index in [2.05, 4.69) is 24.4 Å². The summed E-state index contributed by atoms with van der Waals surface area (Å²) in [5.41, 5.74) is 2.17. The molecule has 1 aliphatic heterocycles. The van der Waals surface area contributed by atoms with Gasteiger partial charge < -0.3 is 5.32 Å². The largest absolute Gasteiger partial charge is 0.373 e. The van der Waals surface area contributed by atoms with Crippen LogP contribution in [0.15, 0.2) is 24.3 Å². The van der Waals surface area contributed by atoms with Crippen molar-refractivity contribution in [3.05, 3.63) is 29.8 Å². The standard InChI is InChI=1S/C17H22N2O2/c1-2-12-7-9-13(10-8-12)18-15-11-16(20)19(17(15)21)14-5-3-4-6-14/h7-10,14-15,18H,2-6,11H2,1H3/t15-/m1/s1. The SMILES string of the molecule is CCc1ccc(N[C@@H]2CC(=O)N(C3CCCC3)C2=O)cc1. The number of amides is 2. The molecule has 0 unspecified atom stereocenters. The molecule has 1 saturated carbocycles. The topological polar surface area (TPSA) is 49.4 Å². The zero-order chi connectivity index (χ0) is 14.8. The van der Waals surface area contributed by atoms with Gasteiger partial charge >= 0.3 is 0 Å². The third-order valence-corrected chi connectivity index (χ3v) is 4.58. The summed E-state index contributed by atoms with van der Waals surface area (Å²) >= 11 is 0. The molecule has 1 N–H and O–H groups in total. The molecule has 1 atom stereocenters. The minimum absolute atomic E-state index is 0.0189. The highest BCUT2D eigenvalue weighted by atomic mass is 16.2. The van der Waals surface area contributed by atoms with Crippen LogP contribution in [0.5, 0.6) is 0 Å². The molecular formula is C17H22N2O2. The van der Waals surface area contributed by atoms with Crippen molar-refractivity contribution < 1.29 is 9.59 Å². The van der Waals surface area contributed by atoms with E-state index < -0.39 is 6.04 Å². The molecule has 1 heterocycles. The highest BCUT2D eigenvalue weighted by Crippen LogP contribution is 2.29. The number of aryl methyl sites for hydroxylation is 1. The maximum atomic E-state index is 12.5. The smallest absolute Gasteiger partial charge is 0.252 e. The first-order valence-electron chi connectivity index (χ1n) is 7.90. The monoisotopic (exact) mass is 286 g/mol. The third-order valence-electron chi connectivity index (χ3n) is 4.58. The predicted octanol–water partition coefficient (Wildman–Crippen LogP) is 2.73. The molecule has 4 heteroatoms. The van der Waals surface area contributed by atoms with Gasteiger partial charge in [0, 0.05) is 11.7 Å². The Labute approximate surface area is 125 Å². The summed E-state index contributed by atoms with van der Waals surface area (Å²) in [7, 11) is 0. The van der Waals surface area contributed by atoms with Crippen LogP contribution in [0.2, 0.25) is 0 Å². The molecule has 2 aliphatic rings. The number of carbonyl (C=O) groups is 2. The molecule has 2 fully saturated rings. The van der Waals surface area contributed by atoms with Crippen LogP contribution in [0.25, 0.3) is 0 Å². The summed E-state index contributed by atoms with van der Waals surface area (Å²) < 4.78 is 0. The lowest BCUT2D eigenvalue weighted by Gasteiger charge is -2.22. The van der Waals surface area contributed by atoms with Gasteiger partial charge in [-0.3, -0.25) is 14.5 Å². The van der Waals surface area contributed by atoms with Crippen molar-refractivity contribution in [3.8, 4) is 0 Å². The number of likely N-dealkylation sites (tertiary alicyclic amines) is 1. The Hall–Kier alpha value is -1.84. The Morgan fingerprint density at radius 1 is 1.14 bits per heavy atom. The van der Waals surface area contributed by atoms with Gasteiger partial charge in [-0.1, -0.05) is 31.9 Å². The summed E-state index contributed by atoms with van der Waals surface area (Å²) in [6.07, 6.45) is 5.46. The zero-order valence-electron chi connectivity index (χ0n) is 12.5. The number of rotatable bonds is 4. The van der Waals surface area contributed by atoms with E-state index in [1.54, 1.807) is 0 Å². The number of hydrogen-bond acceptors (Lipinski definition) is 3. The summed E-state index contributed by atoms with van der Waals surface area (Å²) in [6, 6.07) is 7.81. The van der Waals surface area contributed by atoms with E-state index >= 15 is 0 Å². The third kappa shape index (κ3) is 2.80. The maximum absolute atomic E-state index is 12.5. The molecule has 1 aromatic rings. The number of anilines is 1. The van der Waals surface area contributed by atoms with Crippen molar-refractivity contribution in [2.75, 3.05) is 5.32 Å². The lowest BCUT2D eigenvalue weighted by molar-refractivity contribution is -0.141. The highest BCUT2D eigenvalue weighted by Gasteiger charge is 2.42. The molecule has 3 rings (SSSR count). The molecule has 112 valence electrons. The van der Waals surface area contributed by atoms with Crippen LogP contribution in [0.1, 0.15) is 44.6 Å². The molecule has 0 radical (unpaired) electrons. The zero-order valence-corrected chi connectivity index (χ0v) is 12.5. The fraction of sp³-hybridized carbons (Fsp3) is 0.529. The van der Waals surface area contributed by atoms with E-state index in [1.807, 2.05) is 12.1 Å². The molecule has 2 amide bonds. The Bertz CT molecular complexity index is 532. The van der Waals surface area contributed by atoms with E-state index in [-0.39, 0.29) is 24.3 Å². The van der Waals surface area contributed by atoms with Gasteiger partial charge in [0.2, 0.25) is 5.91 Å². The van der Waals surface area contributed by atoms with Gasteiger partial charge in [-0.15, -0.1) is 0 Å². The fourth-order valence-electron chi connectivity index (χ4n) is 3.35. The first-order chi connectivity index (χ1) is 10.2. The van der Waals surface area contributed by atoms with Crippen LogP contribution < -0.4 is 5.32 Å². The average molecular weight is 286 g/mol. The molecule has 1 saturated heterocycles. The van der Waals surface area contributed by atoms with Crippen molar-refractivity contribution in [2.24, 2.45) is 0 Å². The molecule has 0 spiro atoms. The Balaban J connectivity index is 1.68. The number of imide groups is 1. The number of nitrogens with zero attached hydrogens (tertiary/aromatic N) is 1. The highest BCUT2D eigenvalue weighted by molar-refractivity contribution is 6.07. The van der Waals surface area contributed by atoms with Crippen LogP contribution in [-0.2, 0) is 16.0 Å². The Morgan fingerprint density at radius 3 is 2.43 bits per heavy atom. The Morgan fingerprint density at radius 2 is 1.81 bits per heavy atom. The number of nitrogens with one attached hydrogen (secondary N) is 1. The fourth-order valence-corrected chi connectivity index (χ4v) is 3.35. The van der Waals surface area contributed by atoms with Crippen molar-refractivity contribution in [1.82, 2.24) is 4.90 Å². The van der Waals surface area contributed by atoms with E-state index in [9.17, 15) is 9.59 Å². The predicted molar refractivity (Wildman–Crippen MR) is 82.0 cm³/mol. The van der Waals surface area contributed by atoms with E-state index in [0.717, 1.165) is 37.8 Å². The van der Waals surface area contributed by atoms with Gasteiger partial charge in [0.1, 0.15) is 6.04 Å². The number of carbonyl (C=O) groups excluding carboxylic acids is 2. The molecular weight excluding hydrogens is 264 g/mol. The van der Waals surface area contributed by atoms with Crippen LogP contribution in [0, 0.1) is 0 Å². The summed E-state index contributed by atoms with van der Waals surface area (Å²) in [5, 5.41) is 3.21. The van der Waals surface area contributed by atoms with E-state index in [0.29, 0.717) is 0 Å². The molecule has 4 nitrogen and oxygen atoms in total. The second-order valence-corrected chi connectivity index (χ2v) is 5.99. The van der Waals surface area contributed by atoms with Gasteiger partial charge in [-0.25, -0.2) is 0 Å². The quantitative estimate of drug-likeness (QED) is 0.866. The minimum Gasteiger partial charge on any atom is -0.373 e. The van der Waals surface area contributed by atoms with Crippen LogP contribution in [0.4, 0.5) is 5.69 Å². The van der Waals surface area contributed by atoms with Crippen molar-refractivity contribution in [3.63, 3.8) is 0 Å². The summed E-state index contributed by atoms with van der Waals surface area (Å²) in [4.78, 5) is 26.1. The normalized spacial score (nSPS) is 23.1. The summed E-state index contributed by atoms with van der Waals surface area (Å²) in [5.74, 6) is -0.0685. The van der Waals surface area contributed by atoms with Crippen LogP contribution in [-0.4, -0.2) is 28.8 Å². The minimum atomic E-state index is -0.398. The second-order valence-electron chi connectivity index (χ2n) is 5.99. The molecule has 1 aromatic carbocycles. The van der Waals surface area contributed by atoms with Crippen molar-refractivity contribution >= 4 is 17.5 Å². The van der Waals surface area contributed by atoms with Crippen molar-refractivity contribution in [2.45, 2.75) is 57.5 Å². The average Bonchev–Trinajstić information content (AvgIpc) is 3.09. The van der Waals surface area contributed by atoms with Gasteiger partial charge in [-0.2, -0.15) is 0 Å². The first kappa shape index (κ1) is 14.1.